The minimum Gasteiger partial charge on any atom is -0.382 e. The van der Waals surface area contributed by atoms with Crippen LogP contribution < -0.4 is 0 Å². The maximum absolute atomic E-state index is 5.95. The normalized spacial score (nSPS) is 39.0. The van der Waals surface area contributed by atoms with E-state index in [0.29, 0.717) is 12.2 Å². The van der Waals surface area contributed by atoms with E-state index >= 15 is 0 Å². The predicted molar refractivity (Wildman–Crippen MR) is 106 cm³/mol. The van der Waals surface area contributed by atoms with Gasteiger partial charge in [0.25, 0.3) is 0 Å². The van der Waals surface area contributed by atoms with Crippen molar-refractivity contribution in [2.75, 3.05) is 26.9 Å². The van der Waals surface area contributed by atoms with Gasteiger partial charge in [-0.05, 0) is 108 Å². The SMILES string of the molecule is CCOC1CCC(C2CCC(C3CCC(OCCOC)CC3)CC2)CC1. The highest BCUT2D eigenvalue weighted by atomic mass is 16.5. The van der Waals surface area contributed by atoms with Crippen molar-refractivity contribution >= 4 is 0 Å². The third kappa shape index (κ3) is 5.94. The molecule has 26 heavy (non-hydrogen) atoms. The summed E-state index contributed by atoms with van der Waals surface area (Å²) in [6, 6.07) is 0. The monoisotopic (exact) mass is 366 g/mol. The molecule has 0 heterocycles. The van der Waals surface area contributed by atoms with Crippen LogP contribution in [-0.2, 0) is 14.2 Å². The highest BCUT2D eigenvalue weighted by Crippen LogP contribution is 2.45. The van der Waals surface area contributed by atoms with E-state index in [2.05, 4.69) is 6.92 Å². The molecule has 0 unspecified atom stereocenters. The summed E-state index contributed by atoms with van der Waals surface area (Å²) in [5.41, 5.74) is 0. The fraction of sp³-hybridized carbons (Fsp3) is 1.00. The molecule has 3 aliphatic carbocycles. The van der Waals surface area contributed by atoms with Gasteiger partial charge in [0.15, 0.2) is 0 Å². The average Bonchev–Trinajstić information content (AvgIpc) is 2.70. The third-order valence-electron chi connectivity index (χ3n) is 7.63. The molecule has 0 bridgehead atoms. The summed E-state index contributed by atoms with van der Waals surface area (Å²) in [6.45, 7) is 4.52. The molecule has 0 aromatic rings. The molecule has 3 saturated carbocycles. The summed E-state index contributed by atoms with van der Waals surface area (Å²) in [5, 5.41) is 0. The Bertz CT molecular complexity index is 362. The molecule has 0 saturated heterocycles. The van der Waals surface area contributed by atoms with E-state index in [0.717, 1.165) is 43.5 Å². The maximum atomic E-state index is 5.95. The fourth-order valence-corrected chi connectivity index (χ4v) is 6.07. The lowest BCUT2D eigenvalue weighted by atomic mass is 9.66. The summed E-state index contributed by atoms with van der Waals surface area (Å²) in [4.78, 5) is 0. The molecule has 0 aromatic carbocycles. The Balaban J connectivity index is 1.32. The fourth-order valence-electron chi connectivity index (χ4n) is 6.07. The van der Waals surface area contributed by atoms with Crippen LogP contribution in [-0.4, -0.2) is 39.1 Å². The number of hydrogen-bond donors (Lipinski definition) is 0. The molecule has 0 spiro atoms. The van der Waals surface area contributed by atoms with Crippen molar-refractivity contribution < 1.29 is 14.2 Å². The summed E-state index contributed by atoms with van der Waals surface area (Å²) in [6.07, 6.45) is 17.9. The standard InChI is InChI=1S/C23H42O3/c1-3-25-22-12-8-20(9-13-22)18-4-6-19(7-5-18)21-10-14-23(15-11-21)26-17-16-24-2/h18-23H,3-17H2,1-2H3. The highest BCUT2D eigenvalue weighted by molar-refractivity contribution is 4.86. The predicted octanol–water partition coefficient (Wildman–Crippen LogP) is 5.61. The van der Waals surface area contributed by atoms with E-state index < -0.39 is 0 Å². The van der Waals surface area contributed by atoms with Crippen LogP contribution >= 0.6 is 0 Å². The van der Waals surface area contributed by atoms with E-state index in [1.54, 1.807) is 7.11 Å². The quantitative estimate of drug-likeness (QED) is 0.523. The molecule has 3 heteroatoms. The molecule has 0 aromatic heterocycles. The molecular weight excluding hydrogens is 324 g/mol. The number of ether oxygens (including phenoxy) is 3. The Kier molecular flexibility index (Phi) is 8.74. The molecule has 0 N–H and O–H groups in total. The lowest BCUT2D eigenvalue weighted by Crippen LogP contribution is -2.32. The van der Waals surface area contributed by atoms with Crippen LogP contribution in [0.1, 0.15) is 84.0 Å². The first-order chi connectivity index (χ1) is 12.8. The Morgan fingerprint density at radius 3 is 1.31 bits per heavy atom. The van der Waals surface area contributed by atoms with Crippen LogP contribution in [0.5, 0.6) is 0 Å². The third-order valence-corrected chi connectivity index (χ3v) is 7.63. The molecular formula is C23H42O3. The number of hydrogen-bond acceptors (Lipinski definition) is 3. The van der Waals surface area contributed by atoms with E-state index in [1.165, 1.54) is 77.0 Å². The Morgan fingerprint density at radius 1 is 0.538 bits per heavy atom. The van der Waals surface area contributed by atoms with Crippen LogP contribution in [0.3, 0.4) is 0 Å². The second kappa shape index (κ2) is 11.0. The van der Waals surface area contributed by atoms with Crippen molar-refractivity contribution in [2.24, 2.45) is 23.7 Å². The topological polar surface area (TPSA) is 27.7 Å². The second-order valence-electron chi connectivity index (χ2n) is 9.07. The molecule has 3 nitrogen and oxygen atoms in total. The van der Waals surface area contributed by atoms with Crippen molar-refractivity contribution in [3.8, 4) is 0 Å². The molecule has 3 fully saturated rings. The number of rotatable bonds is 8. The van der Waals surface area contributed by atoms with Crippen molar-refractivity contribution in [1.82, 2.24) is 0 Å². The van der Waals surface area contributed by atoms with Gasteiger partial charge in [0.2, 0.25) is 0 Å². The lowest BCUT2D eigenvalue weighted by Gasteiger charge is -2.41. The molecule has 0 aliphatic heterocycles. The van der Waals surface area contributed by atoms with Gasteiger partial charge in [-0.25, -0.2) is 0 Å². The minimum atomic E-state index is 0.498. The first kappa shape index (κ1) is 20.6. The van der Waals surface area contributed by atoms with Crippen molar-refractivity contribution in [3.05, 3.63) is 0 Å². The summed E-state index contributed by atoms with van der Waals surface area (Å²) < 4.78 is 16.9. The van der Waals surface area contributed by atoms with Crippen LogP contribution in [0.25, 0.3) is 0 Å². The Hall–Kier alpha value is -0.120. The molecule has 3 rings (SSSR count). The van der Waals surface area contributed by atoms with Gasteiger partial charge < -0.3 is 14.2 Å². The van der Waals surface area contributed by atoms with E-state index in [4.69, 9.17) is 14.2 Å². The Morgan fingerprint density at radius 2 is 0.923 bits per heavy atom. The van der Waals surface area contributed by atoms with Gasteiger partial charge in [-0.3, -0.25) is 0 Å². The van der Waals surface area contributed by atoms with Gasteiger partial charge in [-0.2, -0.15) is 0 Å². The lowest BCUT2D eigenvalue weighted by molar-refractivity contribution is -0.0168. The summed E-state index contributed by atoms with van der Waals surface area (Å²) >= 11 is 0. The zero-order valence-electron chi connectivity index (χ0n) is 17.3. The molecule has 0 radical (unpaired) electrons. The van der Waals surface area contributed by atoms with E-state index in [1.807, 2.05) is 0 Å². The van der Waals surface area contributed by atoms with E-state index in [9.17, 15) is 0 Å². The zero-order valence-corrected chi connectivity index (χ0v) is 17.3. The molecule has 0 amide bonds. The van der Waals surface area contributed by atoms with Crippen LogP contribution in [0.15, 0.2) is 0 Å². The second-order valence-corrected chi connectivity index (χ2v) is 9.07. The zero-order chi connectivity index (χ0) is 18.2. The summed E-state index contributed by atoms with van der Waals surface area (Å²) in [7, 11) is 1.75. The first-order valence-electron chi connectivity index (χ1n) is 11.5. The molecule has 152 valence electrons. The average molecular weight is 367 g/mol. The highest BCUT2D eigenvalue weighted by Gasteiger charge is 2.34. The van der Waals surface area contributed by atoms with Gasteiger partial charge in [-0.15, -0.1) is 0 Å². The van der Waals surface area contributed by atoms with Gasteiger partial charge in [0.05, 0.1) is 25.4 Å². The summed E-state index contributed by atoms with van der Waals surface area (Å²) in [5.74, 6) is 4.00. The van der Waals surface area contributed by atoms with Crippen LogP contribution in [0.4, 0.5) is 0 Å². The van der Waals surface area contributed by atoms with Gasteiger partial charge >= 0.3 is 0 Å². The van der Waals surface area contributed by atoms with Crippen LogP contribution in [0.2, 0.25) is 0 Å². The van der Waals surface area contributed by atoms with Crippen LogP contribution in [0, 0.1) is 23.7 Å². The van der Waals surface area contributed by atoms with Crippen molar-refractivity contribution in [3.63, 3.8) is 0 Å². The molecule has 0 atom stereocenters. The van der Waals surface area contributed by atoms with Crippen molar-refractivity contribution in [1.29, 1.82) is 0 Å². The number of methoxy groups -OCH3 is 1. The minimum absolute atomic E-state index is 0.498. The van der Waals surface area contributed by atoms with Gasteiger partial charge in [0, 0.05) is 13.7 Å². The first-order valence-corrected chi connectivity index (χ1v) is 11.5. The van der Waals surface area contributed by atoms with E-state index in [-0.39, 0.29) is 0 Å². The molecule has 3 aliphatic rings. The van der Waals surface area contributed by atoms with Crippen molar-refractivity contribution in [2.45, 2.75) is 96.2 Å². The maximum Gasteiger partial charge on any atom is 0.0704 e. The largest absolute Gasteiger partial charge is 0.382 e. The Labute approximate surface area is 161 Å². The smallest absolute Gasteiger partial charge is 0.0704 e. The van der Waals surface area contributed by atoms with Gasteiger partial charge in [-0.1, -0.05) is 0 Å². The van der Waals surface area contributed by atoms with Gasteiger partial charge in [0.1, 0.15) is 0 Å².